The number of furan rings is 1. The summed E-state index contributed by atoms with van der Waals surface area (Å²) in [6.45, 7) is 9.09. The van der Waals surface area contributed by atoms with Gasteiger partial charge in [0.05, 0.1) is 33.9 Å². The SMILES string of the molecule is CC(C)c1cc(-c2ccc(-c3ccccc3)cc2)cc(C(C)C)c1-n1c(-c2ccc(C#N)c3c2oc2cc(-c4ccccc4)ccc23)nc2ccccc21. The molecule has 0 amide bonds. The highest BCUT2D eigenvalue weighted by Gasteiger charge is 2.26. The van der Waals surface area contributed by atoms with E-state index >= 15 is 0 Å². The summed E-state index contributed by atoms with van der Waals surface area (Å²) in [7, 11) is 0. The quantitative estimate of drug-likeness (QED) is 0.167. The third-order valence-electron chi connectivity index (χ3n) is 10.6. The summed E-state index contributed by atoms with van der Waals surface area (Å²) in [5, 5.41) is 12.1. The molecule has 9 aromatic rings. The van der Waals surface area contributed by atoms with Crippen molar-refractivity contribution in [3.8, 4) is 56.5 Å². The van der Waals surface area contributed by atoms with E-state index in [-0.39, 0.29) is 11.8 Å². The fraction of sp³-hybridized carbons (Fsp3) is 0.120. The normalized spacial score (nSPS) is 11.6. The molecule has 4 nitrogen and oxygen atoms in total. The zero-order valence-corrected chi connectivity index (χ0v) is 30.8. The van der Waals surface area contributed by atoms with Crippen LogP contribution in [0.2, 0.25) is 0 Å². The second-order valence-corrected chi connectivity index (χ2v) is 14.7. The van der Waals surface area contributed by atoms with Gasteiger partial charge in [0.2, 0.25) is 0 Å². The Morgan fingerprint density at radius 2 is 1.13 bits per heavy atom. The molecule has 0 N–H and O–H groups in total. The van der Waals surface area contributed by atoms with Crippen LogP contribution in [0, 0.1) is 11.3 Å². The number of aromatic nitrogens is 2. The van der Waals surface area contributed by atoms with E-state index < -0.39 is 0 Å². The van der Waals surface area contributed by atoms with Crippen LogP contribution < -0.4 is 0 Å². The van der Waals surface area contributed by atoms with Crippen molar-refractivity contribution in [1.29, 1.82) is 5.26 Å². The fourth-order valence-electron chi connectivity index (χ4n) is 7.86. The third-order valence-corrected chi connectivity index (χ3v) is 10.6. The van der Waals surface area contributed by atoms with E-state index in [2.05, 4.69) is 154 Å². The van der Waals surface area contributed by atoms with Crippen LogP contribution in [0.25, 0.3) is 83.4 Å². The maximum absolute atomic E-state index is 10.3. The summed E-state index contributed by atoms with van der Waals surface area (Å²) < 4.78 is 9.14. The maximum atomic E-state index is 10.3. The minimum atomic E-state index is 0.221. The van der Waals surface area contributed by atoms with Gasteiger partial charge in [0.25, 0.3) is 0 Å². The number of hydrogen-bond acceptors (Lipinski definition) is 3. The van der Waals surface area contributed by atoms with Gasteiger partial charge < -0.3 is 4.42 Å². The van der Waals surface area contributed by atoms with Crippen LogP contribution >= 0.6 is 0 Å². The first-order valence-electron chi connectivity index (χ1n) is 18.7. The standard InChI is InChI=1S/C50H39N3O/c1-31(2)42-27-39(36-21-19-35(20-22-36)33-13-7-5-8-14-33)28-43(32(3)4)48(42)53-45-18-12-11-17-44(45)52-50(53)41-26-24-38(30-51)47-40-25-23-37(29-46(40)54-49(41)47)34-15-9-6-10-16-34/h5-29,31-32H,1-4H3. The molecule has 0 spiro atoms. The summed E-state index contributed by atoms with van der Waals surface area (Å²) in [4.78, 5) is 5.34. The Labute approximate surface area is 315 Å². The summed E-state index contributed by atoms with van der Waals surface area (Å²) in [5.74, 6) is 1.23. The Balaban J connectivity index is 1.28. The first-order chi connectivity index (χ1) is 26.4. The number of hydrogen-bond donors (Lipinski definition) is 0. The van der Waals surface area contributed by atoms with Gasteiger partial charge in [-0.2, -0.15) is 5.26 Å². The number of rotatable bonds is 7. The lowest BCUT2D eigenvalue weighted by Crippen LogP contribution is -2.09. The van der Waals surface area contributed by atoms with Crippen molar-refractivity contribution in [2.24, 2.45) is 0 Å². The smallest absolute Gasteiger partial charge is 0.149 e. The van der Waals surface area contributed by atoms with E-state index in [9.17, 15) is 5.26 Å². The Bertz CT molecular complexity index is 2840. The summed E-state index contributed by atoms with van der Waals surface area (Å²) in [6, 6.07) is 55.4. The summed E-state index contributed by atoms with van der Waals surface area (Å²) in [6.07, 6.45) is 0. The molecule has 0 atom stereocenters. The minimum Gasteiger partial charge on any atom is -0.455 e. The zero-order chi connectivity index (χ0) is 36.9. The first kappa shape index (κ1) is 33.2. The Morgan fingerprint density at radius 1 is 0.574 bits per heavy atom. The molecule has 0 aliphatic rings. The van der Waals surface area contributed by atoms with Crippen molar-refractivity contribution in [2.75, 3.05) is 0 Å². The lowest BCUT2D eigenvalue weighted by Gasteiger charge is -2.24. The largest absolute Gasteiger partial charge is 0.455 e. The van der Waals surface area contributed by atoms with Gasteiger partial charge in [-0.1, -0.05) is 131 Å². The van der Waals surface area contributed by atoms with E-state index in [1.165, 1.54) is 33.4 Å². The number of benzene rings is 7. The predicted molar refractivity (Wildman–Crippen MR) is 223 cm³/mol. The Hall–Kier alpha value is -6.70. The molecule has 4 heteroatoms. The number of para-hydroxylation sites is 2. The number of nitriles is 1. The van der Waals surface area contributed by atoms with Crippen LogP contribution in [0.3, 0.4) is 0 Å². The van der Waals surface area contributed by atoms with Crippen molar-refractivity contribution in [3.05, 3.63) is 168 Å². The second kappa shape index (κ2) is 13.4. The van der Waals surface area contributed by atoms with Gasteiger partial charge in [-0.15, -0.1) is 0 Å². The van der Waals surface area contributed by atoms with Crippen molar-refractivity contribution in [1.82, 2.24) is 9.55 Å². The zero-order valence-electron chi connectivity index (χ0n) is 30.8. The van der Waals surface area contributed by atoms with E-state index in [4.69, 9.17) is 9.40 Å². The van der Waals surface area contributed by atoms with Gasteiger partial charge in [0, 0.05) is 10.8 Å². The molecule has 0 fully saturated rings. The molecule has 260 valence electrons. The number of imidazole rings is 1. The van der Waals surface area contributed by atoms with Crippen LogP contribution in [-0.4, -0.2) is 9.55 Å². The lowest BCUT2D eigenvalue weighted by atomic mass is 9.87. The van der Waals surface area contributed by atoms with Gasteiger partial charge in [-0.25, -0.2) is 4.98 Å². The van der Waals surface area contributed by atoms with Crippen LogP contribution in [0.4, 0.5) is 0 Å². The molecule has 2 heterocycles. The Morgan fingerprint density at radius 3 is 1.76 bits per heavy atom. The minimum absolute atomic E-state index is 0.221. The van der Waals surface area contributed by atoms with Crippen LogP contribution in [0.1, 0.15) is 56.2 Å². The van der Waals surface area contributed by atoms with Crippen molar-refractivity contribution < 1.29 is 4.42 Å². The lowest BCUT2D eigenvalue weighted by molar-refractivity contribution is 0.669. The van der Waals surface area contributed by atoms with Crippen molar-refractivity contribution >= 4 is 33.0 Å². The molecule has 7 aromatic carbocycles. The van der Waals surface area contributed by atoms with Crippen LogP contribution in [0.5, 0.6) is 0 Å². The molecule has 2 aromatic heterocycles. The number of nitrogens with zero attached hydrogens (tertiary/aromatic N) is 3. The molecule has 0 aliphatic heterocycles. The van der Waals surface area contributed by atoms with Crippen LogP contribution in [0.15, 0.2) is 156 Å². The topological polar surface area (TPSA) is 54.8 Å². The van der Waals surface area contributed by atoms with E-state index in [0.717, 1.165) is 55.6 Å². The van der Waals surface area contributed by atoms with Gasteiger partial charge in [-0.3, -0.25) is 4.57 Å². The molecule has 0 aliphatic carbocycles. The highest BCUT2D eigenvalue weighted by atomic mass is 16.3. The van der Waals surface area contributed by atoms with Gasteiger partial charge in [-0.05, 0) is 105 Å². The van der Waals surface area contributed by atoms with Gasteiger partial charge in [0.1, 0.15) is 17.0 Å². The van der Waals surface area contributed by atoms with Gasteiger partial charge in [0.15, 0.2) is 0 Å². The van der Waals surface area contributed by atoms with E-state index in [1.807, 2.05) is 36.4 Å². The van der Waals surface area contributed by atoms with Crippen molar-refractivity contribution in [3.63, 3.8) is 0 Å². The first-order valence-corrected chi connectivity index (χ1v) is 18.7. The molecular weight excluding hydrogens is 659 g/mol. The average Bonchev–Trinajstić information content (AvgIpc) is 3.79. The highest BCUT2D eigenvalue weighted by Crippen LogP contribution is 2.44. The van der Waals surface area contributed by atoms with Gasteiger partial charge >= 0.3 is 0 Å². The molecule has 0 unspecified atom stereocenters. The monoisotopic (exact) mass is 697 g/mol. The third kappa shape index (κ3) is 5.57. The van der Waals surface area contributed by atoms with E-state index in [0.29, 0.717) is 11.1 Å². The Kier molecular flexibility index (Phi) is 8.21. The molecule has 54 heavy (non-hydrogen) atoms. The molecule has 0 radical (unpaired) electrons. The van der Waals surface area contributed by atoms with E-state index in [1.54, 1.807) is 0 Å². The maximum Gasteiger partial charge on any atom is 0.149 e. The average molecular weight is 698 g/mol. The second-order valence-electron chi connectivity index (χ2n) is 14.7. The fourth-order valence-corrected chi connectivity index (χ4v) is 7.86. The molecule has 9 rings (SSSR count). The molecule has 0 saturated heterocycles. The molecular formula is C50H39N3O. The predicted octanol–water partition coefficient (Wildman–Crippen LogP) is 13.7. The molecule has 0 saturated carbocycles. The molecule has 0 bridgehead atoms. The van der Waals surface area contributed by atoms with Crippen LogP contribution in [-0.2, 0) is 0 Å². The highest BCUT2D eigenvalue weighted by molar-refractivity contribution is 6.13. The summed E-state index contributed by atoms with van der Waals surface area (Å²) >= 11 is 0. The summed E-state index contributed by atoms with van der Waals surface area (Å²) in [5.41, 5.74) is 15.4. The van der Waals surface area contributed by atoms with Crippen molar-refractivity contribution in [2.45, 2.75) is 39.5 Å². The number of fused-ring (bicyclic) bond motifs is 4.